The molecule has 1 aromatic carbocycles. The molecule has 0 spiro atoms. The largest absolute Gasteiger partial charge is 0.478 e. The molecule has 3 rings (SSSR count). The monoisotopic (exact) mass is 321 g/mol. The van der Waals surface area contributed by atoms with Crippen LogP contribution in [0.15, 0.2) is 23.2 Å². The topological polar surface area (TPSA) is 111 Å². The molecule has 0 bridgehead atoms. The molecule has 23 heavy (non-hydrogen) atoms. The summed E-state index contributed by atoms with van der Waals surface area (Å²) in [4.78, 5) is 24.9. The van der Waals surface area contributed by atoms with Crippen LogP contribution in [0.25, 0.3) is 0 Å². The van der Waals surface area contributed by atoms with Crippen molar-refractivity contribution in [1.29, 1.82) is 0 Å². The fraction of sp³-hybridized carbons (Fsp3) is 0.400. The predicted octanol–water partition coefficient (Wildman–Crippen LogP) is 0.350. The van der Waals surface area contributed by atoms with Gasteiger partial charge >= 0.3 is 11.9 Å². The molecule has 2 aliphatic rings. The lowest BCUT2D eigenvalue weighted by molar-refractivity contribution is -0.159. The Morgan fingerprint density at radius 1 is 1.35 bits per heavy atom. The summed E-state index contributed by atoms with van der Waals surface area (Å²) in [6.07, 6.45) is 0.0395. The average molecular weight is 321 g/mol. The summed E-state index contributed by atoms with van der Waals surface area (Å²) in [7, 11) is 2.10. The predicted molar refractivity (Wildman–Crippen MR) is 84.4 cm³/mol. The lowest BCUT2D eigenvalue weighted by atomic mass is 10.1. The van der Waals surface area contributed by atoms with Gasteiger partial charge in [0.1, 0.15) is 11.6 Å². The lowest BCUT2D eigenvalue weighted by Crippen LogP contribution is -2.46. The highest BCUT2D eigenvalue weighted by atomic mass is 16.5. The first-order valence-corrected chi connectivity index (χ1v) is 7.11. The van der Waals surface area contributed by atoms with Crippen LogP contribution in [-0.2, 0) is 9.59 Å². The molecule has 1 atom stereocenters. The molecule has 1 unspecified atom stereocenters. The van der Waals surface area contributed by atoms with Crippen molar-refractivity contribution in [3.8, 4) is 5.75 Å². The molecular weight excluding hydrogens is 302 g/mol. The molecule has 1 aromatic rings. The number of hydrogen-bond acceptors (Lipinski definition) is 6. The molecule has 8 nitrogen and oxygen atoms in total. The Balaban J connectivity index is 0.000000277. The Bertz CT molecular complexity index is 632. The summed E-state index contributed by atoms with van der Waals surface area (Å²) in [5, 5.41) is 18.1. The van der Waals surface area contributed by atoms with Crippen molar-refractivity contribution in [3.63, 3.8) is 0 Å². The van der Waals surface area contributed by atoms with Gasteiger partial charge in [-0.1, -0.05) is 6.07 Å². The van der Waals surface area contributed by atoms with E-state index in [2.05, 4.69) is 41.3 Å². The van der Waals surface area contributed by atoms with Gasteiger partial charge in [-0.3, -0.25) is 4.99 Å². The van der Waals surface area contributed by atoms with E-state index in [1.54, 1.807) is 0 Å². The standard InChI is InChI=1S/C13H17N3O.C2H2O4/c1-9-3-4-11-10(7-9)16(2)8-12(17-11)13-14-5-6-15-13;3-1(4)2(5)6/h3-4,7,12H,5-6,8H2,1-2H3,(H,14,15);(H,3,4)(H,5,6). The van der Waals surface area contributed by atoms with Crippen LogP contribution in [-0.4, -0.2) is 60.8 Å². The highest BCUT2D eigenvalue weighted by molar-refractivity contribution is 6.27. The minimum absolute atomic E-state index is 0.0395. The second-order valence-corrected chi connectivity index (χ2v) is 5.26. The number of ether oxygens (including phenoxy) is 1. The zero-order chi connectivity index (χ0) is 17.0. The van der Waals surface area contributed by atoms with Crippen LogP contribution >= 0.6 is 0 Å². The van der Waals surface area contributed by atoms with Crippen molar-refractivity contribution in [3.05, 3.63) is 23.8 Å². The van der Waals surface area contributed by atoms with E-state index in [1.165, 1.54) is 11.3 Å². The number of carboxylic acids is 2. The van der Waals surface area contributed by atoms with Crippen LogP contribution in [0.5, 0.6) is 5.75 Å². The van der Waals surface area contributed by atoms with Crippen molar-refractivity contribution in [2.75, 3.05) is 31.6 Å². The summed E-state index contributed by atoms with van der Waals surface area (Å²) < 4.78 is 6.01. The van der Waals surface area contributed by atoms with Gasteiger partial charge in [0.25, 0.3) is 0 Å². The lowest BCUT2D eigenvalue weighted by Gasteiger charge is -2.34. The van der Waals surface area contributed by atoms with Gasteiger partial charge in [0.15, 0.2) is 6.10 Å². The molecule has 124 valence electrons. The van der Waals surface area contributed by atoms with Crippen molar-refractivity contribution in [1.82, 2.24) is 5.32 Å². The molecule has 0 amide bonds. The molecule has 0 aromatic heterocycles. The summed E-state index contributed by atoms with van der Waals surface area (Å²) in [5.74, 6) is -1.71. The Morgan fingerprint density at radius 3 is 2.61 bits per heavy atom. The molecular formula is C15H19N3O5. The Labute approximate surface area is 133 Å². The van der Waals surface area contributed by atoms with Gasteiger partial charge < -0.3 is 25.2 Å². The van der Waals surface area contributed by atoms with Crippen LogP contribution in [0.4, 0.5) is 5.69 Å². The number of aliphatic carboxylic acids is 2. The number of benzene rings is 1. The summed E-state index contributed by atoms with van der Waals surface area (Å²) in [6, 6.07) is 6.29. The Morgan fingerprint density at radius 2 is 2.04 bits per heavy atom. The fourth-order valence-electron chi connectivity index (χ4n) is 2.34. The number of amidine groups is 1. The van der Waals surface area contributed by atoms with E-state index in [1.807, 2.05) is 6.07 Å². The molecule has 3 N–H and O–H groups in total. The number of carbonyl (C=O) groups is 2. The first kappa shape index (κ1) is 16.6. The zero-order valence-electron chi connectivity index (χ0n) is 12.9. The maximum atomic E-state index is 9.10. The maximum absolute atomic E-state index is 9.10. The SMILES string of the molecule is Cc1ccc2c(c1)N(C)CC(C1=NCCN1)O2.O=C(O)C(=O)O. The second kappa shape index (κ2) is 6.99. The van der Waals surface area contributed by atoms with E-state index in [9.17, 15) is 0 Å². The molecule has 2 heterocycles. The van der Waals surface area contributed by atoms with Gasteiger partial charge in [-0.2, -0.15) is 0 Å². The van der Waals surface area contributed by atoms with Crippen molar-refractivity contribution < 1.29 is 24.5 Å². The Kier molecular flexibility index (Phi) is 5.05. The molecule has 2 aliphatic heterocycles. The molecule has 0 saturated heterocycles. The quantitative estimate of drug-likeness (QED) is 0.640. The summed E-state index contributed by atoms with van der Waals surface area (Å²) in [5.41, 5.74) is 2.42. The zero-order valence-corrected chi connectivity index (χ0v) is 12.9. The highest BCUT2D eigenvalue weighted by Crippen LogP contribution is 2.33. The van der Waals surface area contributed by atoms with E-state index in [-0.39, 0.29) is 6.10 Å². The second-order valence-electron chi connectivity index (χ2n) is 5.26. The number of nitrogens with zero attached hydrogens (tertiary/aromatic N) is 2. The van der Waals surface area contributed by atoms with Crippen LogP contribution in [0, 0.1) is 6.92 Å². The number of aliphatic imine (C=N–C) groups is 1. The maximum Gasteiger partial charge on any atom is 0.414 e. The smallest absolute Gasteiger partial charge is 0.414 e. The van der Waals surface area contributed by atoms with E-state index >= 15 is 0 Å². The van der Waals surface area contributed by atoms with Gasteiger partial charge in [0.05, 0.1) is 18.8 Å². The number of anilines is 1. The van der Waals surface area contributed by atoms with Crippen molar-refractivity contribution in [2.24, 2.45) is 4.99 Å². The number of nitrogens with one attached hydrogen (secondary N) is 1. The first-order chi connectivity index (χ1) is 10.9. The minimum atomic E-state index is -1.82. The fourth-order valence-corrected chi connectivity index (χ4v) is 2.34. The van der Waals surface area contributed by atoms with Gasteiger partial charge in [0.2, 0.25) is 0 Å². The first-order valence-electron chi connectivity index (χ1n) is 7.11. The minimum Gasteiger partial charge on any atom is -0.478 e. The number of likely N-dealkylation sites (N-methyl/N-ethyl adjacent to an activating group) is 1. The van der Waals surface area contributed by atoms with Gasteiger partial charge in [-0.05, 0) is 24.6 Å². The third-order valence-electron chi connectivity index (χ3n) is 3.42. The van der Waals surface area contributed by atoms with Gasteiger partial charge in [-0.25, -0.2) is 9.59 Å². The van der Waals surface area contributed by atoms with E-state index in [4.69, 9.17) is 24.5 Å². The van der Waals surface area contributed by atoms with Crippen LogP contribution in [0.1, 0.15) is 5.56 Å². The summed E-state index contributed by atoms with van der Waals surface area (Å²) in [6.45, 7) is 4.74. The van der Waals surface area contributed by atoms with Gasteiger partial charge in [0, 0.05) is 13.6 Å². The van der Waals surface area contributed by atoms with Crippen LogP contribution in [0.2, 0.25) is 0 Å². The third-order valence-corrected chi connectivity index (χ3v) is 3.42. The number of carboxylic acid groups (broad SMARTS) is 2. The van der Waals surface area contributed by atoms with E-state index in [0.717, 1.165) is 31.2 Å². The average Bonchev–Trinajstić information content (AvgIpc) is 3.02. The summed E-state index contributed by atoms with van der Waals surface area (Å²) >= 11 is 0. The van der Waals surface area contributed by atoms with E-state index < -0.39 is 11.9 Å². The number of rotatable bonds is 1. The van der Waals surface area contributed by atoms with Gasteiger partial charge in [-0.15, -0.1) is 0 Å². The normalized spacial score (nSPS) is 18.6. The molecule has 0 fully saturated rings. The van der Waals surface area contributed by atoms with Crippen LogP contribution in [0.3, 0.4) is 0 Å². The Hall–Kier alpha value is -2.77. The molecule has 0 aliphatic carbocycles. The number of fused-ring (bicyclic) bond motifs is 1. The van der Waals surface area contributed by atoms with Crippen molar-refractivity contribution >= 4 is 23.5 Å². The third kappa shape index (κ3) is 4.12. The molecule has 0 saturated carbocycles. The van der Waals surface area contributed by atoms with Crippen LogP contribution < -0.4 is 15.0 Å². The van der Waals surface area contributed by atoms with E-state index in [0.29, 0.717) is 0 Å². The number of hydrogen-bond donors (Lipinski definition) is 3. The number of aryl methyl sites for hydroxylation is 1. The molecule has 8 heteroatoms. The van der Waals surface area contributed by atoms with Crippen molar-refractivity contribution in [2.45, 2.75) is 13.0 Å². The molecule has 0 radical (unpaired) electrons. The highest BCUT2D eigenvalue weighted by Gasteiger charge is 2.28.